The largest absolute Gasteiger partial charge is 0.348 e. The normalized spacial score (nSPS) is 17.5. The molecule has 1 N–H and O–H groups in total. The van der Waals surface area contributed by atoms with Crippen LogP contribution >= 0.6 is 0 Å². The van der Waals surface area contributed by atoms with Crippen LogP contribution in [0.15, 0.2) is 65.2 Å². The molecule has 0 bridgehead atoms. The van der Waals surface area contributed by atoms with Crippen molar-refractivity contribution in [3.63, 3.8) is 0 Å². The van der Waals surface area contributed by atoms with E-state index in [0.717, 1.165) is 0 Å². The van der Waals surface area contributed by atoms with Gasteiger partial charge in [0.05, 0.1) is 23.3 Å². The number of carbonyl (C=O) groups excluding carboxylic acids is 1. The molecule has 1 aromatic carbocycles. The average Bonchev–Trinajstić information content (AvgIpc) is 3.19. The van der Waals surface area contributed by atoms with Gasteiger partial charge in [-0.2, -0.15) is 0 Å². The molecule has 0 atom stereocenters. The van der Waals surface area contributed by atoms with Gasteiger partial charge in [-0.05, 0) is 29.8 Å². The number of nitrogens with zero attached hydrogens (tertiary/aromatic N) is 4. The lowest BCUT2D eigenvalue weighted by Crippen LogP contribution is -2.42. The van der Waals surface area contributed by atoms with E-state index in [9.17, 15) is 17.6 Å². The van der Waals surface area contributed by atoms with Crippen LogP contribution in [0.2, 0.25) is 0 Å². The van der Waals surface area contributed by atoms with Crippen LogP contribution in [0.1, 0.15) is 5.56 Å². The minimum absolute atomic E-state index is 0.0844. The Morgan fingerprint density at radius 3 is 2.93 bits per heavy atom. The van der Waals surface area contributed by atoms with Gasteiger partial charge in [-0.1, -0.05) is 6.07 Å². The van der Waals surface area contributed by atoms with Crippen molar-refractivity contribution in [3.05, 3.63) is 72.2 Å². The van der Waals surface area contributed by atoms with Gasteiger partial charge in [-0.25, -0.2) is 17.8 Å². The van der Waals surface area contributed by atoms with Gasteiger partial charge < -0.3 is 14.8 Å². The summed E-state index contributed by atoms with van der Waals surface area (Å²) < 4.78 is 43.1. The van der Waals surface area contributed by atoms with Crippen LogP contribution in [0.4, 0.5) is 4.39 Å². The van der Waals surface area contributed by atoms with Gasteiger partial charge in [0.15, 0.2) is 5.84 Å². The topological polar surface area (TPSA) is 96.7 Å². The quantitative estimate of drug-likeness (QED) is 0.828. The minimum atomic E-state index is -3.58. The smallest absolute Gasteiger partial charge is 0.256 e. The molecule has 10 heteroatoms. The van der Waals surface area contributed by atoms with Crippen LogP contribution in [-0.4, -0.2) is 46.9 Å². The molecule has 28 heavy (non-hydrogen) atoms. The molecular formula is C18H16FN5O3S. The molecular weight excluding hydrogens is 385 g/mol. The van der Waals surface area contributed by atoms with Gasteiger partial charge in [-0.15, -0.1) is 4.40 Å². The van der Waals surface area contributed by atoms with Crippen molar-refractivity contribution in [2.75, 3.05) is 12.3 Å². The standard InChI is InChI=1S/C18H16FN5O3S/c19-15-10-13(3-4-16(15)24-7-5-20-12-24)11-21-18(25)14-2-1-6-23-8-9-28(26,27)22-17(14)23/h1-7,10,12H,8-9,11H2,(H,21,25). The number of nitrogens with one attached hydrogen (secondary N) is 1. The fourth-order valence-electron chi connectivity index (χ4n) is 2.94. The molecule has 0 fully saturated rings. The van der Waals surface area contributed by atoms with E-state index in [4.69, 9.17) is 0 Å². The van der Waals surface area contributed by atoms with Crippen molar-refractivity contribution >= 4 is 21.8 Å². The minimum Gasteiger partial charge on any atom is -0.348 e. The number of hydrogen-bond donors (Lipinski definition) is 1. The van der Waals surface area contributed by atoms with Gasteiger partial charge in [0.25, 0.3) is 15.9 Å². The Hall–Kier alpha value is -3.27. The summed E-state index contributed by atoms with van der Waals surface area (Å²) in [7, 11) is -3.58. The molecule has 0 radical (unpaired) electrons. The zero-order valence-electron chi connectivity index (χ0n) is 14.6. The second kappa shape index (κ2) is 7.04. The maximum absolute atomic E-state index is 14.3. The monoisotopic (exact) mass is 401 g/mol. The van der Waals surface area contributed by atoms with Crippen molar-refractivity contribution in [1.29, 1.82) is 0 Å². The fourth-order valence-corrected chi connectivity index (χ4v) is 3.93. The SMILES string of the molecule is O=C(NCc1ccc(-n2ccnc2)c(F)c1)C1=CC=CN2CCS(=O)(=O)N=C12. The number of rotatable bonds is 4. The number of hydrogen-bond acceptors (Lipinski definition) is 5. The highest BCUT2D eigenvalue weighted by atomic mass is 32.2. The second-order valence-electron chi connectivity index (χ2n) is 6.25. The molecule has 8 nitrogen and oxygen atoms in total. The van der Waals surface area contributed by atoms with E-state index >= 15 is 0 Å². The summed E-state index contributed by atoms with van der Waals surface area (Å²) in [6.45, 7) is 0.324. The molecule has 2 aromatic rings. The van der Waals surface area contributed by atoms with E-state index in [1.165, 1.54) is 18.5 Å². The Morgan fingerprint density at radius 2 is 2.18 bits per heavy atom. The molecule has 0 saturated carbocycles. The average molecular weight is 401 g/mol. The van der Waals surface area contributed by atoms with Crippen LogP contribution in [0.25, 0.3) is 5.69 Å². The van der Waals surface area contributed by atoms with Crippen LogP contribution < -0.4 is 5.32 Å². The van der Waals surface area contributed by atoms with E-state index in [2.05, 4.69) is 14.7 Å². The van der Waals surface area contributed by atoms with Gasteiger partial charge in [0.1, 0.15) is 5.82 Å². The molecule has 2 aliphatic rings. The van der Waals surface area contributed by atoms with E-state index in [0.29, 0.717) is 11.3 Å². The lowest BCUT2D eigenvalue weighted by molar-refractivity contribution is -0.117. The van der Waals surface area contributed by atoms with E-state index < -0.39 is 21.7 Å². The number of benzene rings is 1. The van der Waals surface area contributed by atoms with Crippen LogP contribution in [0, 0.1) is 5.82 Å². The van der Waals surface area contributed by atoms with E-state index in [1.807, 2.05) is 0 Å². The highest BCUT2D eigenvalue weighted by molar-refractivity contribution is 7.90. The number of amidine groups is 1. The molecule has 4 rings (SSSR count). The van der Waals surface area contributed by atoms with Crippen LogP contribution in [0.3, 0.4) is 0 Å². The Kier molecular flexibility index (Phi) is 4.55. The molecule has 1 amide bonds. The van der Waals surface area contributed by atoms with Crippen molar-refractivity contribution in [3.8, 4) is 5.69 Å². The summed E-state index contributed by atoms with van der Waals surface area (Å²) in [4.78, 5) is 18.1. The maximum atomic E-state index is 14.3. The number of carbonyl (C=O) groups is 1. The number of sulfonamides is 1. The number of aromatic nitrogens is 2. The molecule has 144 valence electrons. The lowest BCUT2D eigenvalue weighted by atomic mass is 10.1. The highest BCUT2D eigenvalue weighted by Gasteiger charge is 2.29. The van der Waals surface area contributed by atoms with Crippen LogP contribution in [0.5, 0.6) is 0 Å². The van der Waals surface area contributed by atoms with E-state index in [-0.39, 0.29) is 30.3 Å². The summed E-state index contributed by atoms with van der Waals surface area (Å²) in [6.07, 6.45) is 9.52. The Morgan fingerprint density at radius 1 is 1.32 bits per heavy atom. The first-order valence-electron chi connectivity index (χ1n) is 8.46. The van der Waals surface area contributed by atoms with Gasteiger partial charge in [0, 0.05) is 31.7 Å². The number of fused-ring (bicyclic) bond motifs is 1. The molecule has 1 aromatic heterocycles. The molecule has 0 spiro atoms. The third-order valence-electron chi connectivity index (χ3n) is 4.35. The van der Waals surface area contributed by atoms with Crippen molar-refractivity contribution in [2.45, 2.75) is 6.54 Å². The Balaban J connectivity index is 1.49. The maximum Gasteiger partial charge on any atom is 0.256 e. The number of halogens is 1. The molecule has 2 aliphatic heterocycles. The van der Waals surface area contributed by atoms with Gasteiger partial charge in [0.2, 0.25) is 0 Å². The predicted octanol–water partition coefficient (Wildman–Crippen LogP) is 1.13. The Bertz CT molecular complexity index is 1120. The van der Waals surface area contributed by atoms with Crippen LogP contribution in [-0.2, 0) is 21.4 Å². The lowest BCUT2D eigenvalue weighted by Gasteiger charge is -2.28. The third-order valence-corrected chi connectivity index (χ3v) is 5.50. The first kappa shape index (κ1) is 18.1. The number of imidazole rings is 1. The predicted molar refractivity (Wildman–Crippen MR) is 101 cm³/mol. The zero-order valence-corrected chi connectivity index (χ0v) is 15.4. The fraction of sp³-hybridized carbons (Fsp3) is 0.167. The summed E-state index contributed by atoms with van der Waals surface area (Å²) in [5.74, 6) is -0.922. The first-order chi connectivity index (χ1) is 13.4. The summed E-state index contributed by atoms with van der Waals surface area (Å²) in [5, 5.41) is 2.68. The van der Waals surface area contributed by atoms with Crippen molar-refractivity contribution in [2.24, 2.45) is 4.40 Å². The Labute approximate surface area is 160 Å². The van der Waals surface area contributed by atoms with E-state index in [1.54, 1.807) is 46.3 Å². The second-order valence-corrected chi connectivity index (χ2v) is 8.01. The van der Waals surface area contributed by atoms with Gasteiger partial charge in [-0.3, -0.25) is 4.79 Å². The zero-order chi connectivity index (χ0) is 19.7. The molecule has 0 saturated heterocycles. The summed E-state index contributed by atoms with van der Waals surface area (Å²) in [6, 6.07) is 4.63. The first-order valence-corrected chi connectivity index (χ1v) is 10.1. The summed E-state index contributed by atoms with van der Waals surface area (Å²) in [5.41, 5.74) is 1.07. The van der Waals surface area contributed by atoms with Crippen molar-refractivity contribution in [1.82, 2.24) is 19.8 Å². The molecule has 0 unspecified atom stereocenters. The van der Waals surface area contributed by atoms with Gasteiger partial charge >= 0.3 is 0 Å². The van der Waals surface area contributed by atoms with Crippen molar-refractivity contribution < 1.29 is 17.6 Å². The molecule has 0 aliphatic carbocycles. The number of allylic oxidation sites excluding steroid dienone is 2. The number of amides is 1. The third kappa shape index (κ3) is 3.58. The summed E-state index contributed by atoms with van der Waals surface area (Å²) >= 11 is 0. The highest BCUT2D eigenvalue weighted by Crippen LogP contribution is 2.18. The molecule has 3 heterocycles.